The summed E-state index contributed by atoms with van der Waals surface area (Å²) in [6.45, 7) is 0. The molecule has 5 rings (SSSR count). The molecule has 0 bridgehead atoms. The van der Waals surface area contributed by atoms with E-state index in [1.54, 1.807) is 0 Å². The maximum atomic E-state index is 12.7. The second-order valence-corrected chi connectivity index (χ2v) is 7.69. The van der Waals surface area contributed by atoms with Crippen LogP contribution in [0.3, 0.4) is 0 Å². The predicted molar refractivity (Wildman–Crippen MR) is 114 cm³/mol. The molecule has 0 spiro atoms. The lowest BCUT2D eigenvalue weighted by atomic mass is 10.2. The monoisotopic (exact) mass is 404 g/mol. The van der Waals surface area contributed by atoms with Gasteiger partial charge in [0.1, 0.15) is 10.4 Å². The van der Waals surface area contributed by atoms with Crippen LogP contribution in [0, 0.1) is 0 Å². The first-order valence-corrected chi connectivity index (χ1v) is 9.83. The molecule has 6 heteroatoms. The molecule has 0 aliphatic rings. The van der Waals surface area contributed by atoms with Gasteiger partial charge < -0.3 is 9.73 Å². The Morgan fingerprint density at radius 1 is 0.964 bits per heavy atom. The quantitative estimate of drug-likeness (QED) is 0.368. The number of nitrogens with zero attached hydrogens (tertiary/aromatic N) is 1. The van der Waals surface area contributed by atoms with E-state index < -0.39 is 0 Å². The third kappa shape index (κ3) is 2.95. The van der Waals surface area contributed by atoms with Crippen molar-refractivity contribution in [2.75, 3.05) is 5.32 Å². The van der Waals surface area contributed by atoms with Crippen LogP contribution in [0.4, 0.5) is 5.69 Å². The number of rotatable bonds is 3. The topological polar surface area (TPSA) is 55.1 Å². The van der Waals surface area contributed by atoms with Crippen molar-refractivity contribution in [2.45, 2.75) is 0 Å². The minimum Gasteiger partial charge on any atom is -0.436 e. The summed E-state index contributed by atoms with van der Waals surface area (Å²) in [6, 6.07) is 22.7. The van der Waals surface area contributed by atoms with Crippen molar-refractivity contribution in [3.05, 3.63) is 82.7 Å². The van der Waals surface area contributed by atoms with Gasteiger partial charge in [0.15, 0.2) is 5.58 Å². The van der Waals surface area contributed by atoms with Crippen LogP contribution in [-0.2, 0) is 0 Å². The van der Waals surface area contributed by atoms with E-state index in [0.29, 0.717) is 21.5 Å². The van der Waals surface area contributed by atoms with E-state index in [-0.39, 0.29) is 5.91 Å². The lowest BCUT2D eigenvalue weighted by Gasteiger charge is -2.04. The highest BCUT2D eigenvalue weighted by Gasteiger charge is 2.17. The summed E-state index contributed by atoms with van der Waals surface area (Å²) < 4.78 is 6.77. The highest BCUT2D eigenvalue weighted by molar-refractivity contribution is 7.21. The number of carbonyl (C=O) groups excluding carboxylic acids is 1. The molecule has 1 N–H and O–H groups in total. The molecule has 136 valence electrons. The van der Waals surface area contributed by atoms with Gasteiger partial charge in [-0.3, -0.25) is 4.79 Å². The summed E-state index contributed by atoms with van der Waals surface area (Å²) >= 11 is 7.78. The Balaban J connectivity index is 1.39. The summed E-state index contributed by atoms with van der Waals surface area (Å²) in [4.78, 5) is 17.7. The largest absolute Gasteiger partial charge is 0.436 e. The lowest BCUT2D eigenvalue weighted by molar-refractivity contribution is 0.103. The molecule has 0 saturated carbocycles. The Labute approximate surface area is 169 Å². The van der Waals surface area contributed by atoms with Gasteiger partial charge in [-0.25, -0.2) is 4.98 Å². The standard InChI is InChI=1S/C22H13ClN2O2S/c23-19-15-5-1-4-8-18(15)28-20(19)21(26)24-14-11-9-13(10-12-14)22-25-16-6-2-3-7-17(16)27-22/h1-12H,(H,24,26). The minimum absolute atomic E-state index is 0.221. The number of benzene rings is 3. The SMILES string of the molecule is O=C(Nc1ccc(-c2nc3ccccc3o2)cc1)c1sc2ccccc2c1Cl. The van der Waals surface area contributed by atoms with Crippen LogP contribution in [0.1, 0.15) is 9.67 Å². The first-order valence-electron chi connectivity index (χ1n) is 8.63. The average molecular weight is 405 g/mol. The molecule has 28 heavy (non-hydrogen) atoms. The lowest BCUT2D eigenvalue weighted by Crippen LogP contribution is -2.10. The van der Waals surface area contributed by atoms with Crippen LogP contribution < -0.4 is 5.32 Å². The Bertz CT molecular complexity index is 1290. The Hall–Kier alpha value is -3.15. The van der Waals surface area contributed by atoms with E-state index in [1.807, 2.05) is 72.8 Å². The highest BCUT2D eigenvalue weighted by Crippen LogP contribution is 2.35. The number of halogens is 1. The maximum absolute atomic E-state index is 12.7. The molecule has 3 aromatic carbocycles. The molecule has 0 radical (unpaired) electrons. The zero-order valence-corrected chi connectivity index (χ0v) is 16.1. The smallest absolute Gasteiger partial charge is 0.267 e. The molecule has 0 unspecified atom stereocenters. The van der Waals surface area contributed by atoms with E-state index in [9.17, 15) is 4.79 Å². The van der Waals surface area contributed by atoms with E-state index in [4.69, 9.17) is 16.0 Å². The molecular formula is C22H13ClN2O2S. The number of oxazole rings is 1. The third-order valence-corrected chi connectivity index (χ3v) is 6.10. The molecule has 2 heterocycles. The summed E-state index contributed by atoms with van der Waals surface area (Å²) in [5, 5.41) is 4.28. The number of anilines is 1. The number of carbonyl (C=O) groups is 1. The first kappa shape index (κ1) is 17.0. The molecule has 0 aliphatic carbocycles. The van der Waals surface area contributed by atoms with Crippen LogP contribution in [0.2, 0.25) is 5.02 Å². The number of aromatic nitrogens is 1. The number of amides is 1. The van der Waals surface area contributed by atoms with Crippen molar-refractivity contribution in [3.8, 4) is 11.5 Å². The zero-order chi connectivity index (χ0) is 19.1. The second kappa shape index (κ2) is 6.78. The number of hydrogen-bond donors (Lipinski definition) is 1. The molecular weight excluding hydrogens is 392 g/mol. The molecule has 4 nitrogen and oxygen atoms in total. The normalized spacial score (nSPS) is 11.2. The van der Waals surface area contributed by atoms with Crippen LogP contribution in [0.25, 0.3) is 32.6 Å². The van der Waals surface area contributed by atoms with Crippen LogP contribution in [0.15, 0.2) is 77.2 Å². The summed E-state index contributed by atoms with van der Waals surface area (Å²) in [5.41, 5.74) is 3.08. The Morgan fingerprint density at radius 3 is 2.50 bits per heavy atom. The van der Waals surface area contributed by atoms with Crippen molar-refractivity contribution in [3.63, 3.8) is 0 Å². The summed E-state index contributed by atoms with van der Waals surface area (Å²) in [7, 11) is 0. The van der Waals surface area contributed by atoms with Crippen molar-refractivity contribution < 1.29 is 9.21 Å². The third-order valence-electron chi connectivity index (χ3n) is 4.42. The van der Waals surface area contributed by atoms with Gasteiger partial charge in [0.25, 0.3) is 5.91 Å². The highest BCUT2D eigenvalue weighted by atomic mass is 35.5. The van der Waals surface area contributed by atoms with Crippen molar-refractivity contribution >= 4 is 55.7 Å². The fraction of sp³-hybridized carbons (Fsp3) is 0. The second-order valence-electron chi connectivity index (χ2n) is 6.26. The van der Waals surface area contributed by atoms with Gasteiger partial charge in [-0.2, -0.15) is 0 Å². The zero-order valence-electron chi connectivity index (χ0n) is 14.5. The van der Waals surface area contributed by atoms with Gasteiger partial charge >= 0.3 is 0 Å². The summed E-state index contributed by atoms with van der Waals surface area (Å²) in [5.74, 6) is 0.326. The number of fused-ring (bicyclic) bond motifs is 2. The number of hydrogen-bond acceptors (Lipinski definition) is 4. The van der Waals surface area contributed by atoms with Crippen LogP contribution >= 0.6 is 22.9 Å². The van der Waals surface area contributed by atoms with E-state index in [1.165, 1.54) is 11.3 Å². The van der Waals surface area contributed by atoms with Gasteiger partial charge in [-0.15, -0.1) is 11.3 Å². The number of thiophene rings is 1. The minimum atomic E-state index is -0.221. The van der Waals surface area contributed by atoms with Gasteiger partial charge in [-0.1, -0.05) is 41.9 Å². The molecule has 0 saturated heterocycles. The van der Waals surface area contributed by atoms with Gasteiger partial charge in [0.05, 0.1) is 5.02 Å². The van der Waals surface area contributed by atoms with Crippen molar-refractivity contribution in [1.29, 1.82) is 0 Å². The van der Waals surface area contributed by atoms with Gasteiger partial charge in [0.2, 0.25) is 5.89 Å². The predicted octanol–water partition coefficient (Wildman–Crippen LogP) is 6.62. The number of nitrogens with one attached hydrogen (secondary N) is 1. The molecule has 5 aromatic rings. The fourth-order valence-electron chi connectivity index (χ4n) is 3.04. The first-order chi connectivity index (χ1) is 13.7. The van der Waals surface area contributed by atoms with E-state index in [0.717, 1.165) is 26.7 Å². The maximum Gasteiger partial charge on any atom is 0.267 e. The Morgan fingerprint density at radius 2 is 1.71 bits per heavy atom. The fourth-order valence-corrected chi connectivity index (χ4v) is 4.45. The summed E-state index contributed by atoms with van der Waals surface area (Å²) in [6.07, 6.45) is 0. The van der Waals surface area contributed by atoms with Crippen LogP contribution in [0.5, 0.6) is 0 Å². The van der Waals surface area contributed by atoms with Crippen molar-refractivity contribution in [2.24, 2.45) is 0 Å². The molecule has 2 aromatic heterocycles. The molecule has 0 fully saturated rings. The van der Waals surface area contributed by atoms with Crippen LogP contribution in [-0.4, -0.2) is 10.9 Å². The molecule has 0 aliphatic heterocycles. The van der Waals surface area contributed by atoms with Crippen molar-refractivity contribution in [1.82, 2.24) is 4.98 Å². The van der Waals surface area contributed by atoms with E-state index >= 15 is 0 Å². The average Bonchev–Trinajstić information content (AvgIpc) is 3.30. The molecule has 1 amide bonds. The molecule has 0 atom stereocenters. The number of para-hydroxylation sites is 2. The van der Waals surface area contributed by atoms with E-state index in [2.05, 4.69) is 10.3 Å². The van der Waals surface area contributed by atoms with Gasteiger partial charge in [0, 0.05) is 21.3 Å². The van der Waals surface area contributed by atoms with Gasteiger partial charge in [-0.05, 0) is 42.5 Å². The Kier molecular flexibility index (Phi) is 4.11.